The molecule has 0 saturated heterocycles. The van der Waals surface area contributed by atoms with Crippen molar-refractivity contribution < 1.29 is 4.74 Å². The molecule has 1 aromatic rings. The first-order valence-corrected chi connectivity index (χ1v) is 17.2. The Morgan fingerprint density at radius 3 is 1.32 bits per heavy atom. The Morgan fingerprint density at radius 2 is 0.921 bits per heavy atom. The second kappa shape index (κ2) is 26.1. The largest absolute Gasteiger partial charge is 0.432 e. The van der Waals surface area contributed by atoms with Crippen LogP contribution in [0, 0.1) is 0 Å². The number of hydrogen-bond acceptors (Lipinski definition) is 2. The van der Waals surface area contributed by atoms with Crippen LogP contribution >= 0.6 is 12.2 Å². The summed E-state index contributed by atoms with van der Waals surface area (Å²) in [6.07, 6.45) is 35.4. The maximum atomic E-state index is 5.77. The van der Waals surface area contributed by atoms with Gasteiger partial charge in [-0.2, -0.15) is 0 Å². The van der Waals surface area contributed by atoms with Crippen LogP contribution in [0.15, 0.2) is 18.2 Å². The molecular weight excluding hydrogens is 482 g/mol. The van der Waals surface area contributed by atoms with Gasteiger partial charge in [0.2, 0.25) is 0 Å². The van der Waals surface area contributed by atoms with Gasteiger partial charge in [-0.25, -0.2) is 0 Å². The molecule has 1 aromatic carbocycles. The highest BCUT2D eigenvalue weighted by atomic mass is 32.1. The zero-order valence-electron chi connectivity index (χ0n) is 25.5. The van der Waals surface area contributed by atoms with E-state index < -0.39 is 0 Å². The number of benzene rings is 1. The lowest BCUT2D eigenvalue weighted by Crippen LogP contribution is -2.17. The van der Waals surface area contributed by atoms with Crippen molar-refractivity contribution in [2.75, 3.05) is 0 Å². The summed E-state index contributed by atoms with van der Waals surface area (Å²) >= 11 is 5.06. The predicted octanol–water partition coefficient (Wildman–Crippen LogP) is 11.8. The third-order valence-electron chi connectivity index (χ3n) is 8.02. The number of unbranched alkanes of at least 4 members (excludes halogenated alkanes) is 22. The molecule has 0 aromatic heterocycles. The zero-order chi connectivity index (χ0) is 27.5. The number of nitrogens with two attached hydrogens (primary N) is 1. The van der Waals surface area contributed by atoms with Gasteiger partial charge < -0.3 is 10.5 Å². The first kappa shape index (κ1) is 34.9. The molecule has 0 fully saturated rings. The molecule has 0 aliphatic rings. The number of ether oxygens (including phenoxy) is 1. The minimum atomic E-state index is 0.128. The molecule has 0 amide bonds. The predicted molar refractivity (Wildman–Crippen MR) is 173 cm³/mol. The highest BCUT2D eigenvalue weighted by molar-refractivity contribution is 7.80. The first-order valence-electron chi connectivity index (χ1n) is 16.8. The molecule has 2 nitrogen and oxygen atoms in total. The van der Waals surface area contributed by atoms with Crippen molar-refractivity contribution in [2.45, 2.75) is 181 Å². The van der Waals surface area contributed by atoms with Crippen LogP contribution < -0.4 is 10.5 Å². The van der Waals surface area contributed by atoms with Crippen LogP contribution in [0.5, 0.6) is 5.75 Å². The van der Waals surface area contributed by atoms with Crippen LogP contribution in [-0.2, 0) is 12.8 Å². The van der Waals surface area contributed by atoms with E-state index in [1.54, 1.807) is 0 Å². The third kappa shape index (κ3) is 19.9. The van der Waals surface area contributed by atoms with Crippen molar-refractivity contribution in [1.29, 1.82) is 0 Å². The fourth-order valence-corrected chi connectivity index (χ4v) is 5.72. The summed E-state index contributed by atoms with van der Waals surface area (Å²) in [6.45, 7) is 4.58. The Bertz CT molecular complexity index is 674. The molecule has 3 heteroatoms. The summed E-state index contributed by atoms with van der Waals surface area (Å²) in [6, 6.07) is 6.44. The Labute approximate surface area is 243 Å². The summed E-state index contributed by atoms with van der Waals surface area (Å²) in [5, 5.41) is 0.128. The van der Waals surface area contributed by atoms with Crippen LogP contribution in [0.25, 0.3) is 0 Å². The molecular formula is C35H63NOS. The maximum absolute atomic E-state index is 5.77. The highest BCUT2D eigenvalue weighted by Gasteiger charge is 2.11. The molecule has 0 heterocycles. The standard InChI is InChI=1S/C35H63NOS/c1-3-5-7-9-11-13-15-17-19-21-23-25-28-32-29-27-31-34(37-35(36)38)33(32)30-26-24-22-20-18-16-14-12-10-8-6-4-2/h27,29,31H,3-26,28,30H2,1-2H3,(H2,36,38). The van der Waals surface area contributed by atoms with E-state index in [0.29, 0.717) is 0 Å². The van der Waals surface area contributed by atoms with Gasteiger partial charge >= 0.3 is 0 Å². The second-order valence-corrected chi connectivity index (χ2v) is 12.0. The molecule has 0 bridgehead atoms. The average Bonchev–Trinajstić information content (AvgIpc) is 2.90. The van der Waals surface area contributed by atoms with Crippen LogP contribution in [0.1, 0.15) is 179 Å². The van der Waals surface area contributed by atoms with E-state index >= 15 is 0 Å². The summed E-state index contributed by atoms with van der Waals surface area (Å²) in [5.41, 5.74) is 8.52. The van der Waals surface area contributed by atoms with Gasteiger partial charge in [-0.15, -0.1) is 0 Å². The Morgan fingerprint density at radius 1 is 0.553 bits per heavy atom. The van der Waals surface area contributed by atoms with Gasteiger partial charge in [0.05, 0.1) is 0 Å². The number of rotatable bonds is 27. The molecule has 1 rings (SSSR count). The van der Waals surface area contributed by atoms with Crippen LogP contribution in [-0.4, -0.2) is 5.17 Å². The summed E-state index contributed by atoms with van der Waals surface area (Å²) in [4.78, 5) is 0. The van der Waals surface area contributed by atoms with E-state index in [1.165, 1.54) is 165 Å². The maximum Gasteiger partial charge on any atom is 0.259 e. The van der Waals surface area contributed by atoms with Crippen molar-refractivity contribution in [1.82, 2.24) is 0 Å². The highest BCUT2D eigenvalue weighted by Crippen LogP contribution is 2.27. The van der Waals surface area contributed by atoms with Gasteiger partial charge in [0.1, 0.15) is 5.75 Å². The van der Waals surface area contributed by atoms with Crippen molar-refractivity contribution >= 4 is 17.4 Å². The fourth-order valence-electron chi connectivity index (χ4n) is 5.63. The van der Waals surface area contributed by atoms with Crippen molar-refractivity contribution in [3.05, 3.63) is 29.3 Å². The van der Waals surface area contributed by atoms with Crippen molar-refractivity contribution in [3.8, 4) is 5.75 Å². The first-order chi connectivity index (χ1) is 18.7. The van der Waals surface area contributed by atoms with Crippen molar-refractivity contribution in [3.63, 3.8) is 0 Å². The number of aryl methyl sites for hydroxylation is 1. The van der Waals surface area contributed by atoms with E-state index in [4.69, 9.17) is 22.7 Å². The Hall–Kier alpha value is -1.09. The van der Waals surface area contributed by atoms with E-state index in [-0.39, 0.29) is 5.17 Å². The minimum absolute atomic E-state index is 0.128. The fraction of sp³-hybridized carbons (Fsp3) is 0.800. The van der Waals surface area contributed by atoms with E-state index in [2.05, 4.69) is 26.0 Å². The van der Waals surface area contributed by atoms with Gasteiger partial charge in [-0.3, -0.25) is 0 Å². The summed E-state index contributed by atoms with van der Waals surface area (Å²) < 4.78 is 5.77. The molecule has 38 heavy (non-hydrogen) atoms. The van der Waals surface area contributed by atoms with Crippen LogP contribution in [0.4, 0.5) is 0 Å². The topological polar surface area (TPSA) is 35.2 Å². The SMILES string of the molecule is CCCCCCCCCCCCCCc1cccc(OC(N)=S)c1CCCCCCCCCCCCCC. The molecule has 0 saturated carbocycles. The summed E-state index contributed by atoms with van der Waals surface area (Å²) in [5.74, 6) is 0.886. The Balaban J connectivity index is 2.25. The van der Waals surface area contributed by atoms with Gasteiger partial charge in [-0.1, -0.05) is 167 Å². The van der Waals surface area contributed by atoms with Gasteiger partial charge in [0.25, 0.3) is 5.17 Å². The molecule has 0 aliphatic carbocycles. The summed E-state index contributed by atoms with van der Waals surface area (Å²) in [7, 11) is 0. The van der Waals surface area contributed by atoms with Gasteiger partial charge in [-0.05, 0) is 55.1 Å². The average molecular weight is 546 g/mol. The molecule has 0 radical (unpaired) electrons. The molecule has 0 atom stereocenters. The van der Waals surface area contributed by atoms with Crippen molar-refractivity contribution in [2.24, 2.45) is 5.73 Å². The monoisotopic (exact) mass is 545 g/mol. The molecule has 0 unspecified atom stereocenters. The smallest absolute Gasteiger partial charge is 0.259 e. The molecule has 220 valence electrons. The minimum Gasteiger partial charge on any atom is -0.432 e. The number of thiocarbonyl (C=S) groups is 1. The third-order valence-corrected chi connectivity index (χ3v) is 8.10. The lowest BCUT2D eigenvalue weighted by atomic mass is 9.95. The van der Waals surface area contributed by atoms with E-state index in [9.17, 15) is 0 Å². The van der Waals surface area contributed by atoms with E-state index in [0.717, 1.165) is 18.6 Å². The van der Waals surface area contributed by atoms with Gasteiger partial charge in [0, 0.05) is 0 Å². The molecule has 0 aliphatic heterocycles. The van der Waals surface area contributed by atoms with E-state index in [1.807, 2.05) is 6.07 Å². The zero-order valence-corrected chi connectivity index (χ0v) is 26.3. The normalized spacial score (nSPS) is 11.2. The molecule has 2 N–H and O–H groups in total. The van der Waals surface area contributed by atoms with Crippen LogP contribution in [0.3, 0.4) is 0 Å². The number of hydrogen-bond donors (Lipinski definition) is 1. The lowest BCUT2D eigenvalue weighted by molar-refractivity contribution is 0.530. The second-order valence-electron chi connectivity index (χ2n) is 11.6. The quantitative estimate of drug-likeness (QED) is 0.0881. The lowest BCUT2D eigenvalue weighted by Gasteiger charge is -2.15. The Kier molecular flexibility index (Phi) is 24.0. The van der Waals surface area contributed by atoms with Gasteiger partial charge in [0.15, 0.2) is 0 Å². The van der Waals surface area contributed by atoms with Crippen LogP contribution in [0.2, 0.25) is 0 Å². The molecule has 0 spiro atoms.